The van der Waals surface area contributed by atoms with Crippen LogP contribution in [0, 0.1) is 0 Å². The van der Waals surface area contributed by atoms with Crippen molar-refractivity contribution in [1.29, 1.82) is 0 Å². The summed E-state index contributed by atoms with van der Waals surface area (Å²) in [6.45, 7) is 14.2. The predicted molar refractivity (Wildman–Crippen MR) is 126 cm³/mol. The first kappa shape index (κ1) is 22.2. The molecule has 168 valence electrons. The van der Waals surface area contributed by atoms with Gasteiger partial charge in [0.2, 0.25) is 5.91 Å². The summed E-state index contributed by atoms with van der Waals surface area (Å²) in [7, 11) is 0. The molecule has 0 radical (unpaired) electrons. The molecule has 1 saturated heterocycles. The summed E-state index contributed by atoms with van der Waals surface area (Å²) in [6.07, 6.45) is 1.90. The van der Waals surface area contributed by atoms with E-state index in [1.807, 2.05) is 17.0 Å². The molecule has 0 saturated carbocycles. The van der Waals surface area contributed by atoms with E-state index in [0.717, 1.165) is 67.6 Å². The summed E-state index contributed by atoms with van der Waals surface area (Å²) in [5, 5.41) is 1.03. The van der Waals surface area contributed by atoms with Gasteiger partial charge in [-0.15, -0.1) is 11.3 Å². The minimum Gasteiger partial charge on any atom is -0.494 e. The van der Waals surface area contributed by atoms with Crippen molar-refractivity contribution >= 4 is 17.2 Å². The topological polar surface area (TPSA) is 48.9 Å². The Morgan fingerprint density at radius 2 is 1.87 bits per heavy atom. The Balaban J connectivity index is 1.23. The molecule has 2 aromatic rings. The summed E-state index contributed by atoms with van der Waals surface area (Å²) in [5.41, 5.74) is 2.26. The molecule has 31 heavy (non-hydrogen) atoms. The molecule has 0 N–H and O–H groups in total. The number of rotatable bonds is 7. The first-order chi connectivity index (χ1) is 15.0. The van der Waals surface area contributed by atoms with Crippen LogP contribution in [0.1, 0.15) is 37.8 Å². The van der Waals surface area contributed by atoms with Gasteiger partial charge in [0.15, 0.2) is 0 Å². The zero-order chi connectivity index (χ0) is 21.8. The van der Waals surface area contributed by atoms with Crippen LogP contribution in [-0.4, -0.2) is 77.5 Å². The number of carbonyl (C=O) groups excluding carboxylic acids is 1. The molecule has 1 aromatic heterocycles. The first-order valence-electron chi connectivity index (χ1n) is 11.4. The van der Waals surface area contributed by atoms with E-state index in [0.29, 0.717) is 12.6 Å². The van der Waals surface area contributed by atoms with Crippen molar-refractivity contribution in [3.8, 4) is 16.3 Å². The van der Waals surface area contributed by atoms with E-state index < -0.39 is 0 Å². The number of amides is 1. The first-order valence-corrected chi connectivity index (χ1v) is 12.2. The fourth-order valence-electron chi connectivity index (χ4n) is 4.26. The van der Waals surface area contributed by atoms with E-state index in [4.69, 9.17) is 9.72 Å². The Labute approximate surface area is 189 Å². The second-order valence-corrected chi connectivity index (χ2v) is 9.86. The number of fused-ring (bicyclic) bond motifs is 1. The molecule has 2 aliphatic rings. The Morgan fingerprint density at radius 3 is 2.55 bits per heavy atom. The Bertz CT molecular complexity index is 872. The minimum absolute atomic E-state index is 0.139. The highest BCUT2D eigenvalue weighted by Crippen LogP contribution is 2.32. The van der Waals surface area contributed by atoms with E-state index in [2.05, 4.69) is 35.8 Å². The Hall–Kier alpha value is -1.96. The van der Waals surface area contributed by atoms with Crippen molar-refractivity contribution in [2.24, 2.45) is 0 Å². The molecule has 3 heterocycles. The van der Waals surface area contributed by atoms with E-state index in [9.17, 15) is 4.79 Å². The predicted octanol–water partition coefficient (Wildman–Crippen LogP) is 3.51. The second-order valence-electron chi connectivity index (χ2n) is 8.78. The number of thiazole rings is 1. The summed E-state index contributed by atoms with van der Waals surface area (Å²) in [4.78, 5) is 24.7. The lowest BCUT2D eigenvalue weighted by atomic mass is 10.2. The van der Waals surface area contributed by atoms with Gasteiger partial charge >= 0.3 is 0 Å². The number of carbonyl (C=O) groups is 1. The summed E-state index contributed by atoms with van der Waals surface area (Å²) in [6, 6.07) is 8.91. The average molecular weight is 443 g/mol. The number of aromatic nitrogens is 1. The molecule has 4 rings (SSSR count). The minimum atomic E-state index is 0.139. The summed E-state index contributed by atoms with van der Waals surface area (Å²) >= 11 is 1.70. The highest BCUT2D eigenvalue weighted by atomic mass is 32.1. The van der Waals surface area contributed by atoms with Gasteiger partial charge < -0.3 is 14.5 Å². The molecule has 1 aromatic carbocycles. The van der Waals surface area contributed by atoms with Crippen LogP contribution >= 0.6 is 11.3 Å². The van der Waals surface area contributed by atoms with E-state index >= 15 is 0 Å². The molecule has 0 unspecified atom stereocenters. The summed E-state index contributed by atoms with van der Waals surface area (Å²) < 4.78 is 5.97. The van der Waals surface area contributed by atoms with Gasteiger partial charge in [-0.2, -0.15) is 0 Å². The van der Waals surface area contributed by atoms with Crippen molar-refractivity contribution in [3.63, 3.8) is 0 Å². The monoisotopic (exact) mass is 442 g/mol. The second kappa shape index (κ2) is 10.1. The Kier molecular flexibility index (Phi) is 7.25. The lowest BCUT2D eigenvalue weighted by Gasteiger charge is -2.36. The maximum absolute atomic E-state index is 11.6. The van der Waals surface area contributed by atoms with Crippen LogP contribution < -0.4 is 4.74 Å². The molecule has 1 fully saturated rings. The average Bonchev–Trinajstić information content (AvgIpc) is 3.21. The SMILES string of the molecule is CC(=O)N1CCc2nc(-c3ccc(OCCCN4CCN(C(C)C)CC4)cc3)sc2C1. The molecule has 6 nitrogen and oxygen atoms in total. The Morgan fingerprint density at radius 1 is 1.13 bits per heavy atom. The highest BCUT2D eigenvalue weighted by molar-refractivity contribution is 7.15. The zero-order valence-electron chi connectivity index (χ0n) is 19.0. The largest absolute Gasteiger partial charge is 0.494 e. The van der Waals surface area contributed by atoms with Gasteiger partial charge in [0, 0.05) is 69.1 Å². The van der Waals surface area contributed by atoms with Crippen LogP contribution in [0.3, 0.4) is 0 Å². The van der Waals surface area contributed by atoms with E-state index in [1.165, 1.54) is 18.0 Å². The standard InChI is InChI=1S/C24H34N4O2S/c1-18(2)27-14-12-26(13-15-27)10-4-16-30-21-7-5-20(6-8-21)24-25-22-9-11-28(19(3)29)17-23(22)31-24/h5-8,18H,4,9-17H2,1-3H3. The molecular weight excluding hydrogens is 408 g/mol. The third kappa shape index (κ3) is 5.64. The van der Waals surface area contributed by atoms with Crippen LogP contribution in [0.5, 0.6) is 5.75 Å². The summed E-state index contributed by atoms with van der Waals surface area (Å²) in [5.74, 6) is 1.05. The number of benzene rings is 1. The molecular formula is C24H34N4O2S. The molecule has 1 amide bonds. The molecule has 2 aliphatic heterocycles. The molecule has 0 bridgehead atoms. The van der Waals surface area contributed by atoms with Crippen molar-refractivity contribution in [2.75, 3.05) is 45.9 Å². The molecule has 0 spiro atoms. The zero-order valence-corrected chi connectivity index (χ0v) is 19.8. The highest BCUT2D eigenvalue weighted by Gasteiger charge is 2.22. The van der Waals surface area contributed by atoms with Crippen LogP contribution in [0.15, 0.2) is 24.3 Å². The normalized spacial score (nSPS) is 17.7. The van der Waals surface area contributed by atoms with Gasteiger partial charge in [-0.25, -0.2) is 4.98 Å². The molecule has 0 aliphatic carbocycles. The van der Waals surface area contributed by atoms with Crippen LogP contribution in [-0.2, 0) is 17.8 Å². The third-order valence-corrected chi connectivity index (χ3v) is 7.43. The maximum atomic E-state index is 11.6. The molecule has 7 heteroatoms. The van der Waals surface area contributed by atoms with Crippen LogP contribution in [0.25, 0.3) is 10.6 Å². The van der Waals surface area contributed by atoms with E-state index in [1.54, 1.807) is 18.3 Å². The van der Waals surface area contributed by atoms with Gasteiger partial charge in [0.25, 0.3) is 0 Å². The van der Waals surface area contributed by atoms with Gasteiger partial charge in [0.05, 0.1) is 18.8 Å². The number of hydrogen-bond acceptors (Lipinski definition) is 6. The van der Waals surface area contributed by atoms with E-state index in [-0.39, 0.29) is 5.91 Å². The van der Waals surface area contributed by atoms with Gasteiger partial charge in [-0.05, 0) is 44.5 Å². The van der Waals surface area contributed by atoms with Crippen LogP contribution in [0.4, 0.5) is 0 Å². The third-order valence-electron chi connectivity index (χ3n) is 6.30. The fraction of sp³-hybridized carbons (Fsp3) is 0.583. The van der Waals surface area contributed by atoms with Crippen molar-refractivity contribution in [3.05, 3.63) is 34.8 Å². The van der Waals surface area contributed by atoms with Crippen molar-refractivity contribution in [1.82, 2.24) is 19.7 Å². The van der Waals surface area contributed by atoms with Gasteiger partial charge in [0.1, 0.15) is 10.8 Å². The fourth-order valence-corrected chi connectivity index (χ4v) is 5.39. The molecule has 0 atom stereocenters. The lowest BCUT2D eigenvalue weighted by molar-refractivity contribution is -0.129. The van der Waals surface area contributed by atoms with Crippen molar-refractivity contribution < 1.29 is 9.53 Å². The smallest absolute Gasteiger partial charge is 0.219 e. The number of hydrogen-bond donors (Lipinski definition) is 0. The quantitative estimate of drug-likeness (QED) is 0.614. The van der Waals surface area contributed by atoms with Gasteiger partial charge in [-0.3, -0.25) is 9.69 Å². The van der Waals surface area contributed by atoms with Gasteiger partial charge in [-0.1, -0.05) is 0 Å². The maximum Gasteiger partial charge on any atom is 0.219 e. The van der Waals surface area contributed by atoms with Crippen molar-refractivity contribution in [2.45, 2.75) is 46.2 Å². The number of piperazine rings is 1. The lowest BCUT2D eigenvalue weighted by Crippen LogP contribution is -2.49. The number of ether oxygens (including phenoxy) is 1. The number of nitrogens with zero attached hydrogens (tertiary/aromatic N) is 4. The van der Waals surface area contributed by atoms with Crippen LogP contribution in [0.2, 0.25) is 0 Å².